The number of piperazine rings is 1. The van der Waals surface area contributed by atoms with Gasteiger partial charge in [0.05, 0.1) is 0 Å². The Morgan fingerprint density at radius 1 is 1.11 bits per heavy atom. The third kappa shape index (κ3) is 9.10. The van der Waals surface area contributed by atoms with E-state index in [2.05, 4.69) is 57.3 Å². The average molecular weight is 627 g/mol. The Labute approximate surface area is 272 Å². The fourth-order valence-corrected chi connectivity index (χ4v) is 5.38. The highest BCUT2D eigenvalue weighted by Crippen LogP contribution is 2.47. The standard InChI is InChI=1S/C37H47FN6O2/c1-7-31(13-8-26(2)3)41-35(45)37(16-17-37)36(46)42-32-14-11-28(33(38)23-32)10-9-27(4)22-30(24-39-5)29-12-15-34(40-25-29)44-20-18-43(6)19-21-44/h7-8,11-15,22-25,30H,2,9-10,16-21H2,1,3-6H3,(H,41,45)(H,42,46)/b13-8?,27-22+,31-7?,39-24?. The van der Waals surface area contributed by atoms with Crippen LogP contribution in [0.15, 0.2) is 89.2 Å². The van der Waals surface area contributed by atoms with Crippen molar-refractivity contribution in [3.8, 4) is 0 Å². The zero-order valence-electron chi connectivity index (χ0n) is 27.8. The minimum absolute atomic E-state index is 0.0283. The first-order valence-electron chi connectivity index (χ1n) is 15.9. The zero-order valence-corrected chi connectivity index (χ0v) is 27.8. The average Bonchev–Trinajstić information content (AvgIpc) is 3.85. The quantitative estimate of drug-likeness (QED) is 0.120. The number of anilines is 2. The number of amides is 2. The lowest BCUT2D eigenvalue weighted by molar-refractivity contribution is -0.133. The van der Waals surface area contributed by atoms with Gasteiger partial charge in [0.1, 0.15) is 17.1 Å². The van der Waals surface area contributed by atoms with E-state index in [9.17, 15) is 9.59 Å². The van der Waals surface area contributed by atoms with E-state index in [0.29, 0.717) is 42.6 Å². The summed E-state index contributed by atoms with van der Waals surface area (Å²) in [5.41, 5.74) is 3.35. The van der Waals surface area contributed by atoms with Gasteiger partial charge in [-0.05, 0) is 88.9 Å². The molecule has 1 unspecified atom stereocenters. The second kappa shape index (κ2) is 15.8. The maximum atomic E-state index is 15.1. The summed E-state index contributed by atoms with van der Waals surface area (Å²) in [6, 6.07) is 8.91. The molecule has 0 spiro atoms. The summed E-state index contributed by atoms with van der Waals surface area (Å²) in [5.74, 6) is -0.220. The number of nitrogens with zero attached hydrogens (tertiary/aromatic N) is 4. The van der Waals surface area contributed by atoms with Gasteiger partial charge in [0, 0.05) is 62.9 Å². The van der Waals surface area contributed by atoms with Crippen LogP contribution in [-0.2, 0) is 16.0 Å². The van der Waals surface area contributed by atoms with E-state index >= 15 is 4.39 Å². The van der Waals surface area contributed by atoms with Crippen LogP contribution in [0.5, 0.6) is 0 Å². The SMILES string of the molecule is C=C(C)C=CC(=CC)NC(=O)C1(C(=O)Nc2ccc(CC/C(C)=C/C(C=NC)c3ccc(N4CCN(C)CC4)nc3)c(F)c2)CC1. The number of pyridine rings is 1. The molecule has 2 heterocycles. The number of aliphatic imine (C=N–C) groups is 1. The van der Waals surface area contributed by atoms with Crippen molar-refractivity contribution in [1.29, 1.82) is 0 Å². The van der Waals surface area contributed by atoms with E-state index in [1.807, 2.05) is 33.2 Å². The van der Waals surface area contributed by atoms with Crippen LogP contribution in [0.4, 0.5) is 15.9 Å². The highest BCUT2D eigenvalue weighted by atomic mass is 19.1. The molecule has 46 heavy (non-hydrogen) atoms. The van der Waals surface area contributed by atoms with Gasteiger partial charge in [-0.25, -0.2) is 9.37 Å². The van der Waals surface area contributed by atoms with Crippen molar-refractivity contribution >= 4 is 29.5 Å². The number of rotatable bonds is 13. The number of hydrogen-bond donors (Lipinski definition) is 2. The van der Waals surface area contributed by atoms with E-state index in [0.717, 1.165) is 48.7 Å². The van der Waals surface area contributed by atoms with Crippen LogP contribution in [0.1, 0.15) is 57.1 Å². The monoisotopic (exact) mass is 626 g/mol. The van der Waals surface area contributed by atoms with Crippen LogP contribution in [0.25, 0.3) is 0 Å². The number of aryl methyl sites for hydroxylation is 1. The van der Waals surface area contributed by atoms with Crippen LogP contribution < -0.4 is 15.5 Å². The predicted octanol–water partition coefficient (Wildman–Crippen LogP) is 6.21. The Balaban J connectivity index is 1.34. The number of halogens is 1. The molecular weight excluding hydrogens is 579 g/mol. The molecule has 1 aromatic heterocycles. The summed E-state index contributed by atoms with van der Waals surface area (Å²) < 4.78 is 15.1. The highest BCUT2D eigenvalue weighted by Gasteiger charge is 2.56. The van der Waals surface area contributed by atoms with Gasteiger partial charge < -0.3 is 20.4 Å². The largest absolute Gasteiger partial charge is 0.354 e. The lowest BCUT2D eigenvalue weighted by Gasteiger charge is -2.33. The van der Waals surface area contributed by atoms with Gasteiger partial charge in [-0.15, -0.1) is 0 Å². The van der Waals surface area contributed by atoms with Gasteiger partial charge in [-0.3, -0.25) is 14.6 Å². The number of benzene rings is 1. The third-order valence-electron chi connectivity index (χ3n) is 8.59. The molecular formula is C37H47FN6O2. The molecule has 2 N–H and O–H groups in total. The van der Waals surface area contributed by atoms with E-state index in [4.69, 9.17) is 4.98 Å². The summed E-state index contributed by atoms with van der Waals surface area (Å²) >= 11 is 0. The molecule has 2 aromatic rings. The minimum atomic E-state index is -1.15. The Morgan fingerprint density at radius 2 is 1.85 bits per heavy atom. The topological polar surface area (TPSA) is 89.9 Å². The lowest BCUT2D eigenvalue weighted by atomic mass is 9.96. The number of hydrogen-bond acceptors (Lipinski definition) is 6. The van der Waals surface area contributed by atoms with Gasteiger partial charge in [0.2, 0.25) is 11.8 Å². The second-order valence-corrected chi connectivity index (χ2v) is 12.4. The zero-order chi connectivity index (χ0) is 33.3. The number of carbonyl (C=O) groups is 2. The van der Waals surface area contributed by atoms with Crippen molar-refractivity contribution in [2.24, 2.45) is 10.4 Å². The Kier molecular flexibility index (Phi) is 11.8. The van der Waals surface area contributed by atoms with Crippen LogP contribution in [0.2, 0.25) is 0 Å². The summed E-state index contributed by atoms with van der Waals surface area (Å²) in [7, 11) is 3.90. The van der Waals surface area contributed by atoms with Gasteiger partial charge in [-0.2, -0.15) is 0 Å². The molecule has 1 saturated heterocycles. The molecule has 1 aliphatic heterocycles. The summed E-state index contributed by atoms with van der Waals surface area (Å²) in [5, 5.41) is 5.58. The third-order valence-corrected chi connectivity index (χ3v) is 8.59. The van der Waals surface area contributed by atoms with E-state index in [-0.39, 0.29) is 11.8 Å². The van der Waals surface area contributed by atoms with Crippen LogP contribution in [-0.4, -0.2) is 68.2 Å². The summed E-state index contributed by atoms with van der Waals surface area (Å²) in [6.45, 7) is 13.5. The summed E-state index contributed by atoms with van der Waals surface area (Å²) in [4.78, 5) is 39.7. The molecule has 0 bridgehead atoms. The molecule has 1 aliphatic carbocycles. The van der Waals surface area contributed by atoms with E-state index < -0.39 is 17.1 Å². The van der Waals surface area contributed by atoms with E-state index in [1.54, 1.807) is 37.4 Å². The molecule has 2 aliphatic rings. The molecule has 2 amide bonds. The van der Waals surface area contributed by atoms with Crippen LogP contribution in [0, 0.1) is 11.2 Å². The normalized spacial score (nSPS) is 17.7. The second-order valence-electron chi connectivity index (χ2n) is 12.4. The summed E-state index contributed by atoms with van der Waals surface area (Å²) in [6.07, 6.45) is 13.3. The predicted molar refractivity (Wildman–Crippen MR) is 186 cm³/mol. The number of likely N-dealkylation sites (N-methyl/N-ethyl adjacent to an activating group) is 1. The maximum Gasteiger partial charge on any atom is 0.240 e. The molecule has 0 radical (unpaired) electrons. The lowest BCUT2D eigenvalue weighted by Crippen LogP contribution is -2.44. The van der Waals surface area contributed by atoms with Gasteiger partial charge in [0.15, 0.2) is 0 Å². The molecule has 1 saturated carbocycles. The maximum absolute atomic E-state index is 15.1. The van der Waals surface area contributed by atoms with Crippen molar-refractivity contribution in [3.05, 3.63) is 101 Å². The van der Waals surface area contributed by atoms with Crippen molar-refractivity contribution in [2.75, 3.05) is 50.5 Å². The first-order valence-corrected chi connectivity index (χ1v) is 15.9. The van der Waals surface area contributed by atoms with Crippen molar-refractivity contribution in [2.45, 2.75) is 52.4 Å². The molecule has 1 aromatic carbocycles. The molecule has 9 heteroatoms. The van der Waals surface area contributed by atoms with Crippen molar-refractivity contribution in [1.82, 2.24) is 15.2 Å². The van der Waals surface area contributed by atoms with Crippen LogP contribution in [0.3, 0.4) is 0 Å². The van der Waals surface area contributed by atoms with Gasteiger partial charge in [0.25, 0.3) is 0 Å². The Morgan fingerprint density at radius 3 is 2.43 bits per heavy atom. The number of aromatic nitrogens is 1. The highest BCUT2D eigenvalue weighted by molar-refractivity contribution is 6.13. The molecule has 244 valence electrons. The fourth-order valence-electron chi connectivity index (χ4n) is 5.38. The van der Waals surface area contributed by atoms with Gasteiger partial charge in [-0.1, -0.05) is 48.1 Å². The number of allylic oxidation sites excluding steroid dienone is 6. The van der Waals surface area contributed by atoms with E-state index in [1.165, 1.54) is 6.07 Å². The van der Waals surface area contributed by atoms with Crippen molar-refractivity contribution in [3.63, 3.8) is 0 Å². The Hall–Kier alpha value is -4.37. The molecule has 4 rings (SSSR count). The number of carbonyl (C=O) groups excluding carboxylic acids is 2. The fraction of sp³-hybridized carbons (Fsp3) is 0.405. The smallest absolute Gasteiger partial charge is 0.240 e. The molecule has 2 fully saturated rings. The molecule has 1 atom stereocenters. The van der Waals surface area contributed by atoms with Crippen molar-refractivity contribution < 1.29 is 14.0 Å². The minimum Gasteiger partial charge on any atom is -0.354 e. The molecule has 8 nitrogen and oxygen atoms in total. The van der Waals surface area contributed by atoms with Crippen LogP contribution >= 0.6 is 0 Å². The first-order chi connectivity index (χ1) is 22.0. The Bertz CT molecular complexity index is 1530. The number of nitrogens with one attached hydrogen (secondary N) is 2. The first kappa shape index (κ1) is 34.5. The van der Waals surface area contributed by atoms with Gasteiger partial charge >= 0.3 is 0 Å².